The number of H-pyrrole nitrogens is 1. The average molecular weight is 398 g/mol. The normalized spacial score (nSPS) is 13.5. The highest BCUT2D eigenvalue weighted by molar-refractivity contribution is 5.82. The average Bonchev–Trinajstić information content (AvgIpc) is 3.23. The highest BCUT2D eigenvalue weighted by Crippen LogP contribution is 2.32. The van der Waals surface area contributed by atoms with Gasteiger partial charge >= 0.3 is 5.97 Å². The predicted octanol–water partition coefficient (Wildman–Crippen LogP) is 2.23. The van der Waals surface area contributed by atoms with Crippen LogP contribution in [0.3, 0.4) is 0 Å². The quantitative estimate of drug-likeness (QED) is 0.408. The van der Waals surface area contributed by atoms with Gasteiger partial charge in [-0.25, -0.2) is 5.10 Å². The van der Waals surface area contributed by atoms with Crippen molar-refractivity contribution >= 4 is 22.6 Å². The highest BCUT2D eigenvalue weighted by atomic mass is 16.4. The molecule has 0 bridgehead atoms. The molecule has 3 rings (SSSR count). The third kappa shape index (κ3) is 5.26. The van der Waals surface area contributed by atoms with Gasteiger partial charge in [-0.2, -0.15) is 0 Å². The fourth-order valence-corrected chi connectivity index (χ4v) is 3.54. The number of hydrogen-bond donors (Lipinski definition) is 4. The molecular formula is C20H26N6O3. The number of nitrogens with one attached hydrogen (secondary N) is 2. The largest absolute Gasteiger partial charge is 0.481 e. The molecule has 29 heavy (non-hydrogen) atoms. The van der Waals surface area contributed by atoms with Gasteiger partial charge < -0.3 is 15.5 Å². The number of aliphatic hydroxyl groups excluding tert-OH is 1. The summed E-state index contributed by atoms with van der Waals surface area (Å²) in [7, 11) is 0. The van der Waals surface area contributed by atoms with Gasteiger partial charge in [0, 0.05) is 17.8 Å². The lowest BCUT2D eigenvalue weighted by Crippen LogP contribution is -2.26. The van der Waals surface area contributed by atoms with E-state index < -0.39 is 11.9 Å². The summed E-state index contributed by atoms with van der Waals surface area (Å²) in [5.41, 5.74) is 2.63. The molecule has 0 spiro atoms. The second-order valence-electron chi connectivity index (χ2n) is 7.57. The Hall–Kier alpha value is -3.07. The maximum atomic E-state index is 12.0. The van der Waals surface area contributed by atoms with Crippen LogP contribution in [0.4, 0.5) is 5.69 Å². The number of anilines is 1. The molecule has 0 saturated carbocycles. The molecule has 2 aromatic heterocycles. The first-order chi connectivity index (χ1) is 14.0. The number of aromatic nitrogens is 5. The smallest absolute Gasteiger partial charge is 0.307 e. The standard InChI is InChI=1S/C20H26N6O3/c1-12(2)7-17(20(28)29)16(19-23-25-26-24-19)8-13-3-4-14-10-15(21-5-6-27)11-22-18(14)9-13/h3-4,9-12,16-17,21,27H,5-8H2,1-2H3,(H,28,29)(H,23,24,25,26)/t16-,17?/m0/s1. The molecule has 1 unspecified atom stereocenters. The Labute approximate surface area is 168 Å². The number of rotatable bonds is 10. The van der Waals surface area contributed by atoms with E-state index in [1.54, 1.807) is 6.20 Å². The summed E-state index contributed by atoms with van der Waals surface area (Å²) in [6, 6.07) is 7.88. The molecule has 9 heteroatoms. The molecule has 2 heterocycles. The summed E-state index contributed by atoms with van der Waals surface area (Å²) >= 11 is 0. The summed E-state index contributed by atoms with van der Waals surface area (Å²) in [6.45, 7) is 4.53. The van der Waals surface area contributed by atoms with Gasteiger partial charge in [0.2, 0.25) is 0 Å². The number of tetrazole rings is 1. The van der Waals surface area contributed by atoms with E-state index in [1.807, 2.05) is 38.1 Å². The number of pyridine rings is 1. The van der Waals surface area contributed by atoms with E-state index in [-0.39, 0.29) is 18.4 Å². The molecule has 2 atom stereocenters. The molecule has 1 aromatic carbocycles. The molecule has 0 amide bonds. The number of aliphatic carboxylic acids is 1. The van der Waals surface area contributed by atoms with Crippen molar-refractivity contribution < 1.29 is 15.0 Å². The first kappa shape index (κ1) is 20.7. The number of aromatic amines is 1. The number of carboxylic acid groups (broad SMARTS) is 1. The summed E-state index contributed by atoms with van der Waals surface area (Å²) in [5.74, 6) is -1.10. The monoisotopic (exact) mass is 398 g/mol. The Morgan fingerprint density at radius 1 is 1.28 bits per heavy atom. The van der Waals surface area contributed by atoms with E-state index in [9.17, 15) is 9.90 Å². The van der Waals surface area contributed by atoms with Crippen LogP contribution in [0.2, 0.25) is 0 Å². The molecule has 9 nitrogen and oxygen atoms in total. The van der Waals surface area contributed by atoms with Gasteiger partial charge in [0.1, 0.15) is 0 Å². The number of carbonyl (C=O) groups is 1. The number of nitrogens with zero attached hydrogens (tertiary/aromatic N) is 4. The van der Waals surface area contributed by atoms with Crippen LogP contribution in [-0.4, -0.2) is 54.9 Å². The van der Waals surface area contributed by atoms with Gasteiger partial charge in [0.15, 0.2) is 5.82 Å². The molecule has 0 aliphatic carbocycles. The number of fused-ring (bicyclic) bond motifs is 1. The van der Waals surface area contributed by atoms with E-state index >= 15 is 0 Å². The SMILES string of the molecule is CC(C)CC(C(=O)O)[C@H](Cc1ccc2cc(NCCO)cnc2c1)c1nnn[nH]1. The molecule has 0 aliphatic heterocycles. The van der Waals surface area contributed by atoms with E-state index in [2.05, 4.69) is 30.9 Å². The zero-order valence-corrected chi connectivity index (χ0v) is 16.5. The van der Waals surface area contributed by atoms with Crippen LogP contribution in [0.5, 0.6) is 0 Å². The van der Waals surface area contributed by atoms with Crippen molar-refractivity contribution in [2.24, 2.45) is 11.8 Å². The van der Waals surface area contributed by atoms with Crippen molar-refractivity contribution in [3.8, 4) is 0 Å². The van der Waals surface area contributed by atoms with Gasteiger partial charge in [0.05, 0.1) is 29.9 Å². The van der Waals surface area contributed by atoms with E-state index in [0.29, 0.717) is 25.2 Å². The van der Waals surface area contributed by atoms with Gasteiger partial charge in [-0.3, -0.25) is 9.78 Å². The van der Waals surface area contributed by atoms with Crippen LogP contribution in [0.25, 0.3) is 10.9 Å². The fraction of sp³-hybridized carbons (Fsp3) is 0.450. The van der Waals surface area contributed by atoms with Crippen LogP contribution in [0, 0.1) is 11.8 Å². The van der Waals surface area contributed by atoms with Crippen LogP contribution < -0.4 is 5.32 Å². The van der Waals surface area contributed by atoms with Crippen molar-refractivity contribution in [2.45, 2.75) is 32.6 Å². The first-order valence-corrected chi connectivity index (χ1v) is 9.67. The Morgan fingerprint density at radius 3 is 2.76 bits per heavy atom. The lowest BCUT2D eigenvalue weighted by molar-refractivity contribution is -0.143. The molecule has 0 saturated heterocycles. The van der Waals surface area contributed by atoms with Crippen LogP contribution in [-0.2, 0) is 11.2 Å². The van der Waals surface area contributed by atoms with Crippen molar-refractivity contribution in [1.29, 1.82) is 0 Å². The second-order valence-corrected chi connectivity index (χ2v) is 7.57. The van der Waals surface area contributed by atoms with Crippen molar-refractivity contribution in [1.82, 2.24) is 25.6 Å². The zero-order valence-electron chi connectivity index (χ0n) is 16.5. The molecular weight excluding hydrogens is 372 g/mol. The lowest BCUT2D eigenvalue weighted by atomic mass is 9.81. The van der Waals surface area contributed by atoms with Gasteiger partial charge in [-0.05, 0) is 46.9 Å². The topological polar surface area (TPSA) is 137 Å². The number of hydrogen-bond acceptors (Lipinski definition) is 7. The molecule has 0 radical (unpaired) electrons. The number of carboxylic acids is 1. The minimum atomic E-state index is -0.849. The summed E-state index contributed by atoms with van der Waals surface area (Å²) < 4.78 is 0. The van der Waals surface area contributed by atoms with E-state index in [0.717, 1.165) is 22.2 Å². The molecule has 0 fully saturated rings. The number of benzene rings is 1. The Morgan fingerprint density at radius 2 is 2.10 bits per heavy atom. The van der Waals surface area contributed by atoms with Crippen molar-refractivity contribution in [2.75, 3.05) is 18.5 Å². The van der Waals surface area contributed by atoms with Crippen molar-refractivity contribution in [3.05, 3.63) is 41.9 Å². The lowest BCUT2D eigenvalue weighted by Gasteiger charge is -2.23. The molecule has 0 aliphatic rings. The van der Waals surface area contributed by atoms with Gasteiger partial charge in [0.25, 0.3) is 0 Å². The van der Waals surface area contributed by atoms with Gasteiger partial charge in [-0.15, -0.1) is 5.10 Å². The highest BCUT2D eigenvalue weighted by Gasteiger charge is 2.32. The summed E-state index contributed by atoms with van der Waals surface area (Å²) in [5, 5.41) is 36.8. The maximum Gasteiger partial charge on any atom is 0.307 e. The maximum absolute atomic E-state index is 12.0. The van der Waals surface area contributed by atoms with Gasteiger partial charge in [-0.1, -0.05) is 26.0 Å². The predicted molar refractivity (Wildman–Crippen MR) is 109 cm³/mol. The van der Waals surface area contributed by atoms with Crippen LogP contribution >= 0.6 is 0 Å². The second kappa shape index (κ2) is 9.42. The van der Waals surface area contributed by atoms with E-state index in [1.165, 1.54) is 0 Å². The number of aliphatic hydroxyl groups is 1. The summed E-state index contributed by atoms with van der Waals surface area (Å²) in [6.07, 6.45) is 2.74. The minimum absolute atomic E-state index is 0.0516. The third-order valence-corrected chi connectivity index (χ3v) is 4.89. The Balaban J connectivity index is 1.88. The third-order valence-electron chi connectivity index (χ3n) is 4.89. The molecule has 4 N–H and O–H groups in total. The molecule has 3 aromatic rings. The Kier molecular flexibility index (Phi) is 6.71. The van der Waals surface area contributed by atoms with E-state index in [4.69, 9.17) is 5.11 Å². The minimum Gasteiger partial charge on any atom is -0.481 e. The zero-order chi connectivity index (χ0) is 20.8. The Bertz CT molecular complexity index is 945. The van der Waals surface area contributed by atoms with Crippen LogP contribution in [0.1, 0.15) is 37.6 Å². The molecule has 154 valence electrons. The van der Waals surface area contributed by atoms with Crippen LogP contribution in [0.15, 0.2) is 30.5 Å². The first-order valence-electron chi connectivity index (χ1n) is 9.67. The summed E-state index contributed by atoms with van der Waals surface area (Å²) in [4.78, 5) is 16.5. The fourth-order valence-electron chi connectivity index (χ4n) is 3.54. The van der Waals surface area contributed by atoms with Crippen molar-refractivity contribution in [3.63, 3.8) is 0 Å².